The number of aromatic nitrogens is 1. The number of aryl methyl sites for hydroxylation is 1. The maximum absolute atomic E-state index is 12.7. The molecule has 0 atom stereocenters. The van der Waals surface area contributed by atoms with E-state index in [4.69, 9.17) is 11.6 Å². The lowest BCUT2D eigenvalue weighted by atomic mass is 9.98. The minimum atomic E-state index is -0.161. The zero-order valence-corrected chi connectivity index (χ0v) is 19.8. The Kier molecular flexibility index (Phi) is 6.73. The fourth-order valence-electron chi connectivity index (χ4n) is 4.35. The molecule has 1 heterocycles. The van der Waals surface area contributed by atoms with E-state index in [0.717, 1.165) is 33.3 Å². The largest absolute Gasteiger partial charge is 0.339 e. The van der Waals surface area contributed by atoms with Crippen molar-refractivity contribution in [2.75, 3.05) is 0 Å². The summed E-state index contributed by atoms with van der Waals surface area (Å²) in [5.74, 6) is -0.161. The molecule has 1 N–H and O–H groups in total. The maximum Gasteiger partial charge on any atom is 0.241 e. The van der Waals surface area contributed by atoms with Crippen molar-refractivity contribution in [1.29, 1.82) is 0 Å². The van der Waals surface area contributed by atoms with E-state index in [2.05, 4.69) is 69.7 Å². The van der Waals surface area contributed by atoms with Crippen LogP contribution in [0.4, 0.5) is 0 Å². The van der Waals surface area contributed by atoms with Crippen molar-refractivity contribution in [1.82, 2.24) is 9.99 Å². The van der Waals surface area contributed by atoms with E-state index < -0.39 is 0 Å². The van der Waals surface area contributed by atoms with Gasteiger partial charge in [-0.25, -0.2) is 5.43 Å². The van der Waals surface area contributed by atoms with Crippen LogP contribution in [0.15, 0.2) is 114 Å². The summed E-state index contributed by atoms with van der Waals surface area (Å²) >= 11 is 6.16. The Morgan fingerprint density at radius 1 is 0.800 bits per heavy atom. The Morgan fingerprint density at radius 3 is 2.17 bits per heavy atom. The molecule has 0 fully saturated rings. The number of fused-ring (bicyclic) bond motifs is 1. The third kappa shape index (κ3) is 4.88. The maximum atomic E-state index is 12.7. The van der Waals surface area contributed by atoms with Gasteiger partial charge in [-0.15, -0.1) is 0 Å². The topological polar surface area (TPSA) is 46.4 Å². The zero-order chi connectivity index (χ0) is 24.0. The molecule has 4 aromatic carbocycles. The van der Waals surface area contributed by atoms with Crippen molar-refractivity contribution in [3.05, 3.63) is 120 Å². The Labute approximate surface area is 209 Å². The van der Waals surface area contributed by atoms with Crippen LogP contribution < -0.4 is 5.43 Å². The van der Waals surface area contributed by atoms with Gasteiger partial charge < -0.3 is 4.57 Å². The second kappa shape index (κ2) is 10.4. The predicted molar refractivity (Wildman–Crippen MR) is 145 cm³/mol. The monoisotopic (exact) mass is 477 g/mol. The SMILES string of the molecule is O=C(CCn1c(-c2ccccc2)c(-c2ccccc2)c2ccccc21)N/N=C\c1ccccc1Cl. The highest BCUT2D eigenvalue weighted by Gasteiger charge is 2.20. The van der Waals surface area contributed by atoms with Crippen LogP contribution >= 0.6 is 11.6 Å². The van der Waals surface area contributed by atoms with Gasteiger partial charge in [-0.1, -0.05) is 109 Å². The minimum absolute atomic E-state index is 0.161. The Balaban J connectivity index is 1.48. The first-order valence-corrected chi connectivity index (χ1v) is 11.9. The number of hydrogen-bond acceptors (Lipinski definition) is 2. The van der Waals surface area contributed by atoms with Crippen LogP contribution in [0, 0.1) is 0 Å². The Hall–Kier alpha value is -4.15. The first kappa shape index (κ1) is 22.6. The van der Waals surface area contributed by atoms with E-state index in [-0.39, 0.29) is 12.3 Å². The summed E-state index contributed by atoms with van der Waals surface area (Å²) in [6, 6.07) is 36.5. The van der Waals surface area contributed by atoms with Crippen LogP contribution in [0.25, 0.3) is 33.3 Å². The van der Waals surface area contributed by atoms with Crippen LogP contribution in [0.5, 0.6) is 0 Å². The zero-order valence-electron chi connectivity index (χ0n) is 19.1. The predicted octanol–water partition coefficient (Wildman–Crippen LogP) is 7.17. The van der Waals surface area contributed by atoms with Crippen LogP contribution in [0.2, 0.25) is 5.02 Å². The fraction of sp³-hybridized carbons (Fsp3) is 0.0667. The molecule has 172 valence electrons. The Bertz CT molecular complexity index is 1490. The number of rotatable bonds is 7. The van der Waals surface area contributed by atoms with Gasteiger partial charge in [-0.2, -0.15) is 5.10 Å². The van der Waals surface area contributed by atoms with Crippen molar-refractivity contribution in [3.63, 3.8) is 0 Å². The van der Waals surface area contributed by atoms with Crippen molar-refractivity contribution in [2.24, 2.45) is 5.10 Å². The summed E-state index contributed by atoms with van der Waals surface area (Å²) in [4.78, 5) is 12.7. The lowest BCUT2D eigenvalue weighted by Gasteiger charge is -2.13. The molecule has 0 bridgehead atoms. The summed E-state index contributed by atoms with van der Waals surface area (Å²) in [6.45, 7) is 0.519. The third-order valence-corrected chi connectivity index (χ3v) is 6.29. The van der Waals surface area contributed by atoms with Crippen LogP contribution in [-0.2, 0) is 11.3 Å². The molecule has 4 nitrogen and oxygen atoms in total. The first-order chi connectivity index (χ1) is 17.2. The third-order valence-electron chi connectivity index (χ3n) is 5.94. The average Bonchev–Trinajstić information content (AvgIpc) is 3.24. The molecule has 1 amide bonds. The first-order valence-electron chi connectivity index (χ1n) is 11.5. The van der Waals surface area contributed by atoms with Gasteiger partial charge >= 0.3 is 0 Å². The molecule has 35 heavy (non-hydrogen) atoms. The van der Waals surface area contributed by atoms with Crippen LogP contribution in [-0.4, -0.2) is 16.7 Å². The highest BCUT2D eigenvalue weighted by Crippen LogP contribution is 2.40. The summed E-state index contributed by atoms with van der Waals surface area (Å²) in [5.41, 5.74) is 9.01. The molecular formula is C30H24ClN3O. The van der Waals surface area contributed by atoms with Crippen molar-refractivity contribution < 1.29 is 4.79 Å². The van der Waals surface area contributed by atoms with Crippen molar-refractivity contribution in [3.8, 4) is 22.4 Å². The van der Waals surface area contributed by atoms with E-state index in [1.54, 1.807) is 12.3 Å². The van der Waals surface area contributed by atoms with Crippen LogP contribution in [0.3, 0.4) is 0 Å². The van der Waals surface area contributed by atoms with Gasteiger partial charge in [0.15, 0.2) is 0 Å². The van der Waals surface area contributed by atoms with Gasteiger partial charge in [0.05, 0.1) is 11.9 Å². The van der Waals surface area contributed by atoms with Crippen molar-refractivity contribution >= 4 is 34.6 Å². The number of carbonyl (C=O) groups is 1. The van der Waals surface area contributed by atoms with Crippen molar-refractivity contribution in [2.45, 2.75) is 13.0 Å². The molecule has 0 unspecified atom stereocenters. The fourth-order valence-corrected chi connectivity index (χ4v) is 4.54. The highest BCUT2D eigenvalue weighted by atomic mass is 35.5. The summed E-state index contributed by atoms with van der Waals surface area (Å²) in [6.07, 6.45) is 1.85. The van der Waals surface area contributed by atoms with Gasteiger partial charge in [-0.05, 0) is 23.3 Å². The number of carbonyl (C=O) groups excluding carboxylic acids is 1. The second-order valence-electron chi connectivity index (χ2n) is 8.19. The number of para-hydroxylation sites is 1. The standard InChI is InChI=1S/C30H24ClN3O/c31-26-17-9-7-15-24(26)21-32-33-28(35)19-20-34-27-18-10-8-16-25(27)29(22-11-3-1-4-12-22)30(34)23-13-5-2-6-14-23/h1-18,21H,19-20H2,(H,33,35)/b32-21-. The number of hydrogen-bond donors (Lipinski definition) is 1. The molecule has 0 aliphatic heterocycles. The molecule has 0 saturated carbocycles. The molecule has 0 aliphatic rings. The van der Waals surface area contributed by atoms with Crippen LogP contribution in [0.1, 0.15) is 12.0 Å². The molecule has 0 radical (unpaired) electrons. The molecule has 5 heteroatoms. The molecule has 5 aromatic rings. The molecular weight excluding hydrogens is 454 g/mol. The van der Waals surface area contributed by atoms with Gasteiger partial charge in [0.2, 0.25) is 5.91 Å². The quantitative estimate of drug-likeness (QED) is 0.196. The summed E-state index contributed by atoms with van der Waals surface area (Å²) in [5, 5.41) is 5.84. The summed E-state index contributed by atoms with van der Waals surface area (Å²) in [7, 11) is 0. The number of amides is 1. The normalized spacial score (nSPS) is 11.2. The highest BCUT2D eigenvalue weighted by molar-refractivity contribution is 6.33. The molecule has 5 rings (SSSR count). The number of nitrogens with zero attached hydrogens (tertiary/aromatic N) is 2. The smallest absolute Gasteiger partial charge is 0.241 e. The lowest BCUT2D eigenvalue weighted by molar-refractivity contribution is -0.121. The van der Waals surface area contributed by atoms with E-state index in [9.17, 15) is 4.79 Å². The summed E-state index contributed by atoms with van der Waals surface area (Å²) < 4.78 is 2.24. The minimum Gasteiger partial charge on any atom is -0.339 e. The Morgan fingerprint density at radius 2 is 1.43 bits per heavy atom. The average molecular weight is 478 g/mol. The van der Waals surface area contributed by atoms with E-state index in [0.29, 0.717) is 11.6 Å². The lowest BCUT2D eigenvalue weighted by Crippen LogP contribution is -2.19. The van der Waals surface area contributed by atoms with E-state index in [1.165, 1.54) is 5.56 Å². The van der Waals surface area contributed by atoms with Gasteiger partial charge in [0.1, 0.15) is 0 Å². The van der Waals surface area contributed by atoms with Gasteiger partial charge in [-0.3, -0.25) is 4.79 Å². The number of nitrogens with one attached hydrogen (secondary N) is 1. The molecule has 1 aromatic heterocycles. The number of hydrazone groups is 1. The van der Waals surface area contributed by atoms with E-state index in [1.807, 2.05) is 48.5 Å². The van der Waals surface area contributed by atoms with Gasteiger partial charge in [0, 0.05) is 40.0 Å². The number of halogens is 1. The number of benzene rings is 4. The van der Waals surface area contributed by atoms with Gasteiger partial charge in [0.25, 0.3) is 0 Å². The molecule has 0 aliphatic carbocycles. The molecule has 0 saturated heterocycles. The molecule has 0 spiro atoms. The second-order valence-corrected chi connectivity index (χ2v) is 8.60. The van der Waals surface area contributed by atoms with E-state index >= 15 is 0 Å².